The molecule has 0 bridgehead atoms. The number of H-pyrrole nitrogens is 2. The van der Waals surface area contributed by atoms with Crippen molar-refractivity contribution in [3.8, 4) is 5.75 Å². The van der Waals surface area contributed by atoms with Crippen molar-refractivity contribution in [1.29, 1.82) is 0 Å². The molecule has 3 N–H and O–H groups in total. The molecule has 8 nitrogen and oxygen atoms in total. The number of esters is 2. The standard InChI is InChI=1S/C25H23F3N4O4/c26-25(27,28)24(34)36-23(33)14-18(20-5-3-10-29-20)19-15-32-21-13-16(7-8-17(19)21)35-12-4-11-31-22-6-1-2-9-30-22/h1-3,5-10,13,15,18,29,32H,4,11-12,14H2,(H,30,31). The number of aromatic amines is 2. The van der Waals surface area contributed by atoms with Crippen molar-refractivity contribution in [2.75, 3.05) is 18.5 Å². The average molecular weight is 500 g/mol. The molecule has 1 atom stereocenters. The lowest BCUT2D eigenvalue weighted by Crippen LogP contribution is -2.28. The molecular weight excluding hydrogens is 477 g/mol. The molecule has 1 unspecified atom stereocenters. The summed E-state index contributed by atoms with van der Waals surface area (Å²) >= 11 is 0. The number of aromatic nitrogens is 3. The van der Waals surface area contributed by atoms with Crippen LogP contribution in [-0.4, -0.2) is 46.2 Å². The number of hydrogen-bond acceptors (Lipinski definition) is 6. The molecule has 0 spiro atoms. The van der Waals surface area contributed by atoms with Gasteiger partial charge in [-0.25, -0.2) is 9.78 Å². The summed E-state index contributed by atoms with van der Waals surface area (Å²) in [5, 5.41) is 3.96. The van der Waals surface area contributed by atoms with Crippen LogP contribution in [0, 0.1) is 0 Å². The topological polar surface area (TPSA) is 109 Å². The summed E-state index contributed by atoms with van der Waals surface area (Å²) in [6.07, 6.45) is 0.0655. The van der Waals surface area contributed by atoms with E-state index >= 15 is 0 Å². The second kappa shape index (κ2) is 11.0. The Bertz CT molecular complexity index is 1300. The zero-order chi connectivity index (χ0) is 25.5. The third kappa shape index (κ3) is 6.23. The number of alkyl halides is 3. The fourth-order valence-corrected chi connectivity index (χ4v) is 3.77. The van der Waals surface area contributed by atoms with E-state index in [1.165, 1.54) is 0 Å². The number of benzene rings is 1. The Morgan fingerprint density at radius 2 is 1.94 bits per heavy atom. The van der Waals surface area contributed by atoms with Gasteiger partial charge in [0.25, 0.3) is 0 Å². The van der Waals surface area contributed by atoms with Gasteiger partial charge in [0.15, 0.2) is 0 Å². The smallest absolute Gasteiger partial charge is 0.491 e. The Kier molecular flexibility index (Phi) is 7.57. The fourth-order valence-electron chi connectivity index (χ4n) is 3.77. The number of anilines is 1. The van der Waals surface area contributed by atoms with Crippen LogP contribution < -0.4 is 10.1 Å². The molecule has 0 radical (unpaired) electrons. The molecule has 3 aromatic heterocycles. The fraction of sp³-hybridized carbons (Fsp3) is 0.240. The maximum absolute atomic E-state index is 12.5. The van der Waals surface area contributed by atoms with Gasteiger partial charge in [-0.15, -0.1) is 0 Å². The van der Waals surface area contributed by atoms with Gasteiger partial charge < -0.3 is 24.8 Å². The van der Waals surface area contributed by atoms with E-state index in [9.17, 15) is 22.8 Å². The molecule has 0 amide bonds. The molecule has 3 heterocycles. The van der Waals surface area contributed by atoms with Crippen LogP contribution in [0.2, 0.25) is 0 Å². The van der Waals surface area contributed by atoms with Gasteiger partial charge in [0.1, 0.15) is 11.6 Å². The van der Waals surface area contributed by atoms with Gasteiger partial charge in [0.2, 0.25) is 0 Å². The third-order valence-corrected chi connectivity index (χ3v) is 5.43. The average Bonchev–Trinajstić information content (AvgIpc) is 3.53. The van der Waals surface area contributed by atoms with Crippen LogP contribution in [0.15, 0.2) is 67.1 Å². The summed E-state index contributed by atoms with van der Waals surface area (Å²) in [6.45, 7) is 1.17. The summed E-state index contributed by atoms with van der Waals surface area (Å²) in [5.41, 5.74) is 1.98. The SMILES string of the molecule is O=C(CC(c1ccc[nH]1)c1c[nH]c2cc(OCCCNc3ccccn3)ccc12)OC(=O)C(F)(F)F. The van der Waals surface area contributed by atoms with E-state index < -0.39 is 30.5 Å². The van der Waals surface area contributed by atoms with Gasteiger partial charge in [0, 0.05) is 53.7 Å². The van der Waals surface area contributed by atoms with E-state index in [-0.39, 0.29) is 0 Å². The van der Waals surface area contributed by atoms with Crippen molar-refractivity contribution >= 4 is 28.7 Å². The van der Waals surface area contributed by atoms with Crippen LogP contribution in [0.4, 0.5) is 19.0 Å². The first-order valence-electron chi connectivity index (χ1n) is 11.1. The monoisotopic (exact) mass is 500 g/mol. The highest BCUT2D eigenvalue weighted by atomic mass is 19.4. The Hall–Kier alpha value is -4.28. The minimum absolute atomic E-state index is 0.461. The lowest BCUT2D eigenvalue weighted by Gasteiger charge is -2.15. The van der Waals surface area contributed by atoms with Crippen LogP contribution in [0.1, 0.15) is 30.0 Å². The first-order valence-corrected chi connectivity index (χ1v) is 11.1. The zero-order valence-electron chi connectivity index (χ0n) is 19.0. The molecule has 1 aromatic carbocycles. The molecule has 0 fully saturated rings. The number of ether oxygens (including phenoxy) is 2. The Labute approximate surface area is 203 Å². The number of pyridine rings is 1. The van der Waals surface area contributed by atoms with Crippen molar-refractivity contribution < 1.29 is 32.2 Å². The van der Waals surface area contributed by atoms with E-state index in [1.54, 1.807) is 36.8 Å². The molecule has 0 aliphatic carbocycles. The van der Waals surface area contributed by atoms with Gasteiger partial charge in [0.05, 0.1) is 13.0 Å². The lowest BCUT2D eigenvalue weighted by molar-refractivity contribution is -0.201. The Balaban J connectivity index is 1.41. The van der Waals surface area contributed by atoms with Crippen molar-refractivity contribution in [1.82, 2.24) is 15.0 Å². The van der Waals surface area contributed by atoms with Crippen LogP contribution in [0.25, 0.3) is 10.9 Å². The van der Waals surface area contributed by atoms with Gasteiger partial charge in [-0.2, -0.15) is 13.2 Å². The molecule has 0 aliphatic heterocycles. The second-order valence-electron chi connectivity index (χ2n) is 7.94. The van der Waals surface area contributed by atoms with Gasteiger partial charge >= 0.3 is 18.1 Å². The summed E-state index contributed by atoms with van der Waals surface area (Å²) in [6, 6.07) is 14.4. The van der Waals surface area contributed by atoms with Crippen LogP contribution in [0.5, 0.6) is 5.75 Å². The minimum atomic E-state index is -5.25. The first-order chi connectivity index (χ1) is 17.3. The molecule has 4 rings (SSSR count). The van der Waals surface area contributed by atoms with Crippen LogP contribution >= 0.6 is 0 Å². The molecule has 4 aromatic rings. The maximum atomic E-state index is 12.5. The Morgan fingerprint density at radius 1 is 1.08 bits per heavy atom. The highest BCUT2D eigenvalue weighted by molar-refractivity contribution is 5.90. The number of halogens is 3. The predicted octanol–water partition coefficient (Wildman–Crippen LogP) is 4.93. The molecule has 0 saturated carbocycles. The largest absolute Gasteiger partial charge is 0.493 e. The van der Waals surface area contributed by atoms with Gasteiger partial charge in [-0.3, -0.25) is 4.79 Å². The molecule has 188 valence electrons. The van der Waals surface area contributed by atoms with Gasteiger partial charge in [-0.05, 0) is 48.4 Å². The van der Waals surface area contributed by atoms with Crippen molar-refractivity contribution in [2.45, 2.75) is 24.9 Å². The van der Waals surface area contributed by atoms with E-state index in [4.69, 9.17) is 4.74 Å². The number of carbonyl (C=O) groups excluding carboxylic acids is 2. The van der Waals surface area contributed by atoms with Crippen LogP contribution in [-0.2, 0) is 14.3 Å². The minimum Gasteiger partial charge on any atom is -0.493 e. The van der Waals surface area contributed by atoms with E-state index in [1.807, 2.05) is 30.3 Å². The number of fused-ring (bicyclic) bond motifs is 1. The van der Waals surface area contributed by atoms with E-state index in [0.717, 1.165) is 23.1 Å². The quantitative estimate of drug-likeness (QED) is 0.162. The summed E-state index contributed by atoms with van der Waals surface area (Å²) in [4.78, 5) is 33.5. The Morgan fingerprint density at radius 3 is 2.67 bits per heavy atom. The molecular formula is C25H23F3N4O4. The van der Waals surface area contributed by atoms with Crippen LogP contribution in [0.3, 0.4) is 0 Å². The highest BCUT2D eigenvalue weighted by Crippen LogP contribution is 2.34. The molecule has 36 heavy (non-hydrogen) atoms. The lowest BCUT2D eigenvalue weighted by atomic mass is 9.92. The number of carbonyl (C=O) groups is 2. The van der Waals surface area contributed by atoms with E-state index in [0.29, 0.717) is 30.2 Å². The molecule has 0 aliphatic rings. The van der Waals surface area contributed by atoms with Crippen molar-refractivity contribution in [2.24, 2.45) is 0 Å². The zero-order valence-corrected chi connectivity index (χ0v) is 19.0. The number of nitrogens with zero attached hydrogens (tertiary/aromatic N) is 1. The van der Waals surface area contributed by atoms with Gasteiger partial charge in [-0.1, -0.05) is 6.07 Å². The third-order valence-electron chi connectivity index (χ3n) is 5.43. The number of nitrogens with one attached hydrogen (secondary N) is 3. The van der Waals surface area contributed by atoms with Crippen molar-refractivity contribution in [3.05, 3.63) is 78.4 Å². The second-order valence-corrected chi connectivity index (χ2v) is 7.94. The normalized spacial score (nSPS) is 12.3. The first kappa shape index (κ1) is 24.8. The number of rotatable bonds is 10. The summed E-state index contributed by atoms with van der Waals surface area (Å²) in [5.74, 6) is -3.03. The number of hydrogen-bond donors (Lipinski definition) is 3. The molecule has 0 saturated heterocycles. The highest BCUT2D eigenvalue weighted by Gasteiger charge is 2.42. The summed E-state index contributed by atoms with van der Waals surface area (Å²) < 4.78 is 47.3. The predicted molar refractivity (Wildman–Crippen MR) is 126 cm³/mol. The molecule has 11 heteroatoms. The van der Waals surface area contributed by atoms with Crippen molar-refractivity contribution in [3.63, 3.8) is 0 Å². The maximum Gasteiger partial charge on any atom is 0.491 e. The summed E-state index contributed by atoms with van der Waals surface area (Å²) in [7, 11) is 0. The van der Waals surface area contributed by atoms with E-state index in [2.05, 4.69) is 25.0 Å².